The molecule has 0 saturated heterocycles. The number of nitrogens with two attached hydrogens (primary N) is 1. The van der Waals surface area contributed by atoms with Gasteiger partial charge in [-0.05, 0) is 43.5 Å². The van der Waals surface area contributed by atoms with Crippen LogP contribution in [-0.4, -0.2) is 8.42 Å². The molecule has 2 rings (SSSR count). The second-order valence-electron chi connectivity index (χ2n) is 5.19. The van der Waals surface area contributed by atoms with Gasteiger partial charge >= 0.3 is 0 Å². The molecule has 21 heavy (non-hydrogen) atoms. The normalized spacial score (nSPS) is 11.4. The van der Waals surface area contributed by atoms with Crippen molar-refractivity contribution in [2.24, 2.45) is 5.73 Å². The van der Waals surface area contributed by atoms with Crippen LogP contribution in [-0.2, 0) is 16.6 Å². The van der Waals surface area contributed by atoms with Gasteiger partial charge in [0.1, 0.15) is 0 Å². The zero-order valence-electron chi connectivity index (χ0n) is 12.5. The number of benzene rings is 2. The Balaban J connectivity index is 2.49. The fraction of sp³-hybridized carbons (Fsp3) is 0.250. The van der Waals surface area contributed by atoms with Crippen LogP contribution >= 0.6 is 0 Å². The van der Waals surface area contributed by atoms with Crippen LogP contribution in [0.3, 0.4) is 0 Å². The average Bonchev–Trinajstić information content (AvgIpc) is 2.37. The average molecular weight is 304 g/mol. The number of anilines is 1. The van der Waals surface area contributed by atoms with Crippen molar-refractivity contribution in [2.75, 3.05) is 4.72 Å². The molecule has 0 aliphatic rings. The monoisotopic (exact) mass is 304 g/mol. The molecular weight excluding hydrogens is 284 g/mol. The summed E-state index contributed by atoms with van der Waals surface area (Å²) in [5.74, 6) is 0. The van der Waals surface area contributed by atoms with Crippen LogP contribution in [0.4, 0.5) is 5.69 Å². The van der Waals surface area contributed by atoms with Gasteiger partial charge in [-0.25, -0.2) is 8.42 Å². The molecule has 3 N–H and O–H groups in total. The van der Waals surface area contributed by atoms with E-state index in [4.69, 9.17) is 5.73 Å². The molecule has 4 nitrogen and oxygen atoms in total. The molecule has 0 aromatic heterocycles. The van der Waals surface area contributed by atoms with Gasteiger partial charge in [-0.2, -0.15) is 0 Å². The molecule has 0 aliphatic carbocycles. The Kier molecular flexibility index (Phi) is 4.34. The molecule has 0 spiro atoms. The summed E-state index contributed by atoms with van der Waals surface area (Å²) in [5.41, 5.74) is 9.48. The van der Waals surface area contributed by atoms with Gasteiger partial charge in [-0.3, -0.25) is 4.72 Å². The Bertz CT molecular complexity index is 745. The SMILES string of the molecule is Cc1cc(C)c(S(=O)(=O)Nc2ccccc2CN)c(C)c1. The molecule has 0 saturated carbocycles. The predicted molar refractivity (Wildman–Crippen MR) is 85.8 cm³/mol. The summed E-state index contributed by atoms with van der Waals surface area (Å²) in [5, 5.41) is 0. The van der Waals surface area contributed by atoms with E-state index in [0.717, 1.165) is 22.3 Å². The van der Waals surface area contributed by atoms with Gasteiger partial charge in [0, 0.05) is 6.54 Å². The Labute approximate surface area is 126 Å². The minimum Gasteiger partial charge on any atom is -0.326 e. The lowest BCUT2D eigenvalue weighted by Gasteiger charge is -2.15. The first-order valence-electron chi connectivity index (χ1n) is 6.74. The maximum Gasteiger partial charge on any atom is 0.262 e. The third kappa shape index (κ3) is 3.25. The van der Waals surface area contributed by atoms with Crippen molar-refractivity contribution in [3.63, 3.8) is 0 Å². The number of nitrogens with one attached hydrogen (secondary N) is 1. The molecule has 0 radical (unpaired) electrons. The molecule has 0 unspecified atom stereocenters. The van der Waals surface area contributed by atoms with E-state index < -0.39 is 10.0 Å². The smallest absolute Gasteiger partial charge is 0.262 e. The van der Waals surface area contributed by atoms with Crippen LogP contribution in [0.2, 0.25) is 0 Å². The van der Waals surface area contributed by atoms with E-state index in [0.29, 0.717) is 10.6 Å². The first-order valence-corrected chi connectivity index (χ1v) is 8.22. The highest BCUT2D eigenvalue weighted by atomic mass is 32.2. The molecule has 0 bridgehead atoms. The van der Waals surface area contributed by atoms with Crippen molar-refractivity contribution in [3.8, 4) is 0 Å². The molecule has 0 amide bonds. The summed E-state index contributed by atoms with van der Waals surface area (Å²) < 4.78 is 28.0. The van der Waals surface area contributed by atoms with E-state index in [-0.39, 0.29) is 6.54 Å². The first-order chi connectivity index (χ1) is 9.85. The van der Waals surface area contributed by atoms with Crippen LogP contribution in [0.15, 0.2) is 41.3 Å². The summed E-state index contributed by atoms with van der Waals surface area (Å²) >= 11 is 0. The highest BCUT2D eigenvalue weighted by Crippen LogP contribution is 2.25. The van der Waals surface area contributed by atoms with Gasteiger partial charge in [0.25, 0.3) is 10.0 Å². The van der Waals surface area contributed by atoms with E-state index in [9.17, 15) is 8.42 Å². The third-order valence-electron chi connectivity index (χ3n) is 3.35. The number of aryl methyl sites for hydroxylation is 3. The number of hydrogen-bond acceptors (Lipinski definition) is 3. The van der Waals surface area contributed by atoms with Crippen LogP contribution < -0.4 is 10.5 Å². The molecule has 112 valence electrons. The van der Waals surface area contributed by atoms with E-state index in [1.54, 1.807) is 12.1 Å². The van der Waals surface area contributed by atoms with E-state index in [1.807, 2.05) is 45.0 Å². The van der Waals surface area contributed by atoms with Gasteiger partial charge in [0.15, 0.2) is 0 Å². The molecule has 0 fully saturated rings. The standard InChI is InChI=1S/C16H20N2O2S/c1-11-8-12(2)16(13(3)9-11)21(19,20)18-15-7-5-4-6-14(15)10-17/h4-9,18H,10,17H2,1-3H3. The maximum absolute atomic E-state index is 12.7. The van der Waals surface area contributed by atoms with Crippen LogP contribution in [0.1, 0.15) is 22.3 Å². The van der Waals surface area contributed by atoms with E-state index >= 15 is 0 Å². The van der Waals surface area contributed by atoms with Crippen LogP contribution in [0.5, 0.6) is 0 Å². The van der Waals surface area contributed by atoms with E-state index in [2.05, 4.69) is 4.72 Å². The zero-order chi connectivity index (χ0) is 15.6. The largest absolute Gasteiger partial charge is 0.326 e. The van der Waals surface area contributed by atoms with Gasteiger partial charge in [-0.1, -0.05) is 35.9 Å². The molecule has 0 aliphatic heterocycles. The lowest BCUT2D eigenvalue weighted by molar-refractivity contribution is 0.600. The van der Waals surface area contributed by atoms with Gasteiger partial charge < -0.3 is 5.73 Å². The lowest BCUT2D eigenvalue weighted by Crippen LogP contribution is -2.17. The van der Waals surface area contributed by atoms with Crippen molar-refractivity contribution in [2.45, 2.75) is 32.2 Å². The van der Waals surface area contributed by atoms with Crippen molar-refractivity contribution < 1.29 is 8.42 Å². The fourth-order valence-electron chi connectivity index (χ4n) is 2.58. The zero-order valence-corrected chi connectivity index (χ0v) is 13.3. The molecular formula is C16H20N2O2S. The third-order valence-corrected chi connectivity index (χ3v) is 5.03. The Hall–Kier alpha value is -1.85. The molecule has 5 heteroatoms. The van der Waals surface area contributed by atoms with Gasteiger partial charge in [-0.15, -0.1) is 0 Å². The van der Waals surface area contributed by atoms with Crippen molar-refractivity contribution in [1.82, 2.24) is 0 Å². The second-order valence-corrected chi connectivity index (χ2v) is 6.81. The number of hydrogen-bond donors (Lipinski definition) is 2. The molecule has 0 heterocycles. The Morgan fingerprint density at radius 2 is 1.62 bits per heavy atom. The molecule has 2 aromatic carbocycles. The molecule has 2 aromatic rings. The Morgan fingerprint density at radius 3 is 2.19 bits per heavy atom. The van der Waals surface area contributed by atoms with Gasteiger partial charge in [0.05, 0.1) is 10.6 Å². The first kappa shape index (κ1) is 15.5. The van der Waals surface area contributed by atoms with Gasteiger partial charge in [0.2, 0.25) is 0 Å². The topological polar surface area (TPSA) is 72.2 Å². The van der Waals surface area contributed by atoms with Crippen molar-refractivity contribution in [3.05, 3.63) is 58.7 Å². The number of rotatable bonds is 4. The lowest BCUT2D eigenvalue weighted by atomic mass is 10.1. The Morgan fingerprint density at radius 1 is 1.05 bits per heavy atom. The van der Waals surface area contributed by atoms with Crippen molar-refractivity contribution in [1.29, 1.82) is 0 Å². The summed E-state index contributed by atoms with van der Waals surface area (Å²) in [6.45, 7) is 5.85. The van der Waals surface area contributed by atoms with E-state index in [1.165, 1.54) is 0 Å². The minimum absolute atomic E-state index is 0.282. The summed E-state index contributed by atoms with van der Waals surface area (Å²) in [7, 11) is -3.63. The summed E-state index contributed by atoms with van der Waals surface area (Å²) in [4.78, 5) is 0.333. The minimum atomic E-state index is -3.63. The van der Waals surface area contributed by atoms with Crippen LogP contribution in [0.25, 0.3) is 0 Å². The fourth-order valence-corrected chi connectivity index (χ4v) is 4.14. The highest BCUT2D eigenvalue weighted by molar-refractivity contribution is 7.92. The van der Waals surface area contributed by atoms with Crippen LogP contribution in [0, 0.1) is 20.8 Å². The summed E-state index contributed by atoms with van der Waals surface area (Å²) in [6, 6.07) is 10.9. The predicted octanol–water partition coefficient (Wildman–Crippen LogP) is 2.87. The number of para-hydroxylation sites is 1. The quantitative estimate of drug-likeness (QED) is 0.912. The number of sulfonamides is 1. The highest BCUT2D eigenvalue weighted by Gasteiger charge is 2.20. The molecule has 0 atom stereocenters. The second kappa shape index (κ2) is 5.87. The maximum atomic E-state index is 12.7. The van der Waals surface area contributed by atoms with Crippen molar-refractivity contribution >= 4 is 15.7 Å². The summed E-state index contributed by atoms with van der Waals surface area (Å²) in [6.07, 6.45) is 0.